The smallest absolute Gasteiger partial charge is 0.248 e. The molecule has 0 spiro atoms. The van der Waals surface area contributed by atoms with E-state index in [0.717, 1.165) is 18.0 Å². The lowest BCUT2D eigenvalue weighted by atomic mass is 9.87. The molecule has 0 unspecified atom stereocenters. The van der Waals surface area contributed by atoms with E-state index < -0.39 is 0 Å². The van der Waals surface area contributed by atoms with Crippen molar-refractivity contribution in [2.45, 2.75) is 45.2 Å². The molecule has 0 atom stereocenters. The standard InChI is InChI=1S/C15H22N2O/c1-11-5-7-14(8-6-11)17-10-12-3-2-4-13(9-12)15(16)18/h2-4,9,11,14,17H,5-8,10H2,1H3,(H2,16,18). The second kappa shape index (κ2) is 6.01. The minimum absolute atomic E-state index is 0.358. The average molecular weight is 246 g/mol. The number of nitrogens with one attached hydrogen (secondary N) is 1. The Bertz CT molecular complexity index is 409. The summed E-state index contributed by atoms with van der Waals surface area (Å²) in [6.45, 7) is 3.15. The van der Waals surface area contributed by atoms with Gasteiger partial charge in [0.2, 0.25) is 5.91 Å². The molecule has 18 heavy (non-hydrogen) atoms. The van der Waals surface area contributed by atoms with Crippen molar-refractivity contribution in [2.75, 3.05) is 0 Å². The molecular formula is C15H22N2O. The molecule has 1 amide bonds. The first-order valence-electron chi connectivity index (χ1n) is 6.77. The molecule has 1 aliphatic rings. The van der Waals surface area contributed by atoms with Gasteiger partial charge in [-0.25, -0.2) is 0 Å². The fraction of sp³-hybridized carbons (Fsp3) is 0.533. The van der Waals surface area contributed by atoms with Crippen molar-refractivity contribution in [3.63, 3.8) is 0 Å². The molecule has 0 aromatic heterocycles. The van der Waals surface area contributed by atoms with Crippen LogP contribution in [0.15, 0.2) is 24.3 Å². The van der Waals surface area contributed by atoms with E-state index in [1.165, 1.54) is 25.7 Å². The van der Waals surface area contributed by atoms with E-state index in [0.29, 0.717) is 11.6 Å². The van der Waals surface area contributed by atoms with Gasteiger partial charge in [-0.2, -0.15) is 0 Å². The highest BCUT2D eigenvalue weighted by atomic mass is 16.1. The summed E-state index contributed by atoms with van der Waals surface area (Å²) in [6, 6.07) is 8.18. The van der Waals surface area contributed by atoms with Gasteiger partial charge in [0.05, 0.1) is 0 Å². The maximum absolute atomic E-state index is 11.1. The van der Waals surface area contributed by atoms with E-state index in [1.807, 2.05) is 18.2 Å². The van der Waals surface area contributed by atoms with Crippen LogP contribution in [-0.2, 0) is 6.54 Å². The topological polar surface area (TPSA) is 55.1 Å². The molecule has 0 heterocycles. The Morgan fingerprint density at radius 2 is 2.06 bits per heavy atom. The first kappa shape index (κ1) is 13.1. The van der Waals surface area contributed by atoms with Gasteiger partial charge in [0.25, 0.3) is 0 Å². The number of rotatable bonds is 4. The third kappa shape index (κ3) is 3.57. The molecule has 1 aromatic rings. The van der Waals surface area contributed by atoms with Crippen molar-refractivity contribution in [3.05, 3.63) is 35.4 Å². The highest BCUT2D eigenvalue weighted by Gasteiger charge is 2.17. The lowest BCUT2D eigenvalue weighted by Crippen LogP contribution is -2.32. The SMILES string of the molecule is CC1CCC(NCc2cccc(C(N)=O)c2)CC1. The summed E-state index contributed by atoms with van der Waals surface area (Å²) in [5, 5.41) is 3.57. The predicted molar refractivity (Wildman–Crippen MR) is 73.2 cm³/mol. The van der Waals surface area contributed by atoms with Gasteiger partial charge in [-0.1, -0.05) is 19.1 Å². The molecular weight excluding hydrogens is 224 g/mol. The van der Waals surface area contributed by atoms with Crippen LogP contribution >= 0.6 is 0 Å². The van der Waals surface area contributed by atoms with Gasteiger partial charge in [0.1, 0.15) is 0 Å². The molecule has 0 radical (unpaired) electrons. The van der Waals surface area contributed by atoms with E-state index >= 15 is 0 Å². The van der Waals surface area contributed by atoms with E-state index in [4.69, 9.17) is 5.73 Å². The molecule has 0 bridgehead atoms. The predicted octanol–water partition coefficient (Wildman–Crippen LogP) is 2.45. The van der Waals surface area contributed by atoms with Gasteiger partial charge in [0, 0.05) is 18.2 Å². The second-order valence-electron chi connectivity index (χ2n) is 5.40. The zero-order chi connectivity index (χ0) is 13.0. The van der Waals surface area contributed by atoms with Gasteiger partial charge in [-0.05, 0) is 49.3 Å². The maximum atomic E-state index is 11.1. The van der Waals surface area contributed by atoms with Gasteiger partial charge >= 0.3 is 0 Å². The normalized spacial score (nSPS) is 23.8. The second-order valence-corrected chi connectivity index (χ2v) is 5.40. The number of nitrogens with two attached hydrogens (primary N) is 1. The van der Waals surface area contributed by atoms with Gasteiger partial charge < -0.3 is 11.1 Å². The summed E-state index contributed by atoms with van der Waals surface area (Å²) in [5.41, 5.74) is 7.00. The van der Waals surface area contributed by atoms with E-state index in [1.54, 1.807) is 6.07 Å². The summed E-state index contributed by atoms with van der Waals surface area (Å²) in [7, 11) is 0. The summed E-state index contributed by atoms with van der Waals surface area (Å²) < 4.78 is 0. The number of primary amides is 1. The lowest BCUT2D eigenvalue weighted by molar-refractivity contribution is 0.1000. The largest absolute Gasteiger partial charge is 0.366 e. The van der Waals surface area contributed by atoms with Crippen LogP contribution in [0.5, 0.6) is 0 Å². The van der Waals surface area contributed by atoms with Crippen LogP contribution in [0.4, 0.5) is 0 Å². The van der Waals surface area contributed by atoms with Crippen molar-refractivity contribution in [1.82, 2.24) is 5.32 Å². The molecule has 1 aliphatic carbocycles. The van der Waals surface area contributed by atoms with Crippen molar-refractivity contribution in [1.29, 1.82) is 0 Å². The molecule has 1 aromatic carbocycles. The van der Waals surface area contributed by atoms with Crippen LogP contribution in [0.2, 0.25) is 0 Å². The Hall–Kier alpha value is -1.35. The lowest BCUT2D eigenvalue weighted by Gasteiger charge is -2.27. The average Bonchev–Trinajstić information content (AvgIpc) is 2.38. The van der Waals surface area contributed by atoms with Crippen LogP contribution in [0.25, 0.3) is 0 Å². The van der Waals surface area contributed by atoms with E-state index in [2.05, 4.69) is 12.2 Å². The summed E-state index contributed by atoms with van der Waals surface area (Å²) in [4.78, 5) is 11.1. The van der Waals surface area contributed by atoms with Crippen LogP contribution in [0.3, 0.4) is 0 Å². The Morgan fingerprint density at radius 1 is 1.33 bits per heavy atom. The Labute approximate surface area is 109 Å². The minimum atomic E-state index is -0.358. The monoisotopic (exact) mass is 246 g/mol. The van der Waals surface area contributed by atoms with Crippen molar-refractivity contribution in [2.24, 2.45) is 11.7 Å². The Kier molecular flexibility index (Phi) is 4.37. The maximum Gasteiger partial charge on any atom is 0.248 e. The summed E-state index contributed by atoms with van der Waals surface area (Å²) in [5.74, 6) is 0.518. The van der Waals surface area contributed by atoms with Crippen molar-refractivity contribution >= 4 is 5.91 Å². The fourth-order valence-electron chi connectivity index (χ4n) is 2.56. The Balaban J connectivity index is 1.86. The van der Waals surface area contributed by atoms with Crippen LogP contribution in [0.1, 0.15) is 48.5 Å². The number of carbonyl (C=O) groups is 1. The van der Waals surface area contributed by atoms with Gasteiger partial charge in [-0.15, -0.1) is 0 Å². The third-order valence-corrected chi connectivity index (χ3v) is 3.82. The number of hydrogen-bond acceptors (Lipinski definition) is 2. The first-order valence-corrected chi connectivity index (χ1v) is 6.77. The number of hydrogen-bond donors (Lipinski definition) is 2. The highest BCUT2D eigenvalue weighted by Crippen LogP contribution is 2.23. The molecule has 2 rings (SSSR count). The molecule has 1 fully saturated rings. The number of carbonyl (C=O) groups excluding carboxylic acids is 1. The molecule has 3 heteroatoms. The quantitative estimate of drug-likeness (QED) is 0.857. The van der Waals surface area contributed by atoms with Crippen LogP contribution in [-0.4, -0.2) is 11.9 Å². The third-order valence-electron chi connectivity index (χ3n) is 3.82. The van der Waals surface area contributed by atoms with Crippen molar-refractivity contribution < 1.29 is 4.79 Å². The van der Waals surface area contributed by atoms with E-state index in [-0.39, 0.29) is 5.91 Å². The van der Waals surface area contributed by atoms with Crippen LogP contribution < -0.4 is 11.1 Å². The fourth-order valence-corrected chi connectivity index (χ4v) is 2.56. The zero-order valence-electron chi connectivity index (χ0n) is 11.0. The molecule has 1 saturated carbocycles. The highest BCUT2D eigenvalue weighted by molar-refractivity contribution is 5.92. The summed E-state index contributed by atoms with van der Waals surface area (Å²) >= 11 is 0. The molecule has 3 nitrogen and oxygen atoms in total. The minimum Gasteiger partial charge on any atom is -0.366 e. The first-order chi connectivity index (χ1) is 8.65. The van der Waals surface area contributed by atoms with Crippen molar-refractivity contribution in [3.8, 4) is 0 Å². The van der Waals surface area contributed by atoms with E-state index in [9.17, 15) is 4.79 Å². The zero-order valence-corrected chi connectivity index (χ0v) is 11.0. The molecule has 0 saturated heterocycles. The number of amides is 1. The van der Waals surface area contributed by atoms with Gasteiger partial charge in [0.15, 0.2) is 0 Å². The molecule has 98 valence electrons. The Morgan fingerprint density at radius 3 is 2.72 bits per heavy atom. The van der Waals surface area contributed by atoms with Gasteiger partial charge in [-0.3, -0.25) is 4.79 Å². The molecule has 0 aliphatic heterocycles. The van der Waals surface area contributed by atoms with Crippen LogP contribution in [0, 0.1) is 5.92 Å². The number of benzene rings is 1. The summed E-state index contributed by atoms with van der Waals surface area (Å²) in [6.07, 6.45) is 5.16. The molecule has 3 N–H and O–H groups in total.